The van der Waals surface area contributed by atoms with Gasteiger partial charge in [0.05, 0.1) is 13.2 Å². The van der Waals surface area contributed by atoms with Crippen molar-refractivity contribution >= 4 is 5.69 Å². The summed E-state index contributed by atoms with van der Waals surface area (Å²) in [5.41, 5.74) is 6.97. The largest absolute Gasteiger partial charge is 0.494 e. The molecule has 0 amide bonds. The second-order valence-corrected chi connectivity index (χ2v) is 6.01. The van der Waals surface area contributed by atoms with E-state index in [1.165, 1.54) is 0 Å². The molecule has 20 heavy (non-hydrogen) atoms. The van der Waals surface area contributed by atoms with Gasteiger partial charge in [-0.1, -0.05) is 12.5 Å². The second kappa shape index (κ2) is 6.46. The number of aliphatic hydroxyl groups excluding tert-OH is 1. The number of ether oxygens (including phenoxy) is 1. The number of nitrogens with zero attached hydrogens (tertiary/aromatic N) is 1. The fourth-order valence-electron chi connectivity index (χ4n) is 2.98. The third kappa shape index (κ3) is 3.44. The lowest BCUT2D eigenvalue weighted by Gasteiger charge is -2.29. The topological polar surface area (TPSA) is 58.7 Å². The minimum absolute atomic E-state index is 0.0772. The molecule has 0 aliphatic heterocycles. The zero-order valence-corrected chi connectivity index (χ0v) is 12.5. The summed E-state index contributed by atoms with van der Waals surface area (Å²) in [5, 5.41) is 9.44. The Hall–Kier alpha value is -1.26. The van der Waals surface area contributed by atoms with E-state index in [4.69, 9.17) is 10.5 Å². The molecule has 0 radical (unpaired) electrons. The molecule has 112 valence electrons. The fourth-order valence-corrected chi connectivity index (χ4v) is 2.98. The van der Waals surface area contributed by atoms with Crippen molar-refractivity contribution < 1.29 is 9.84 Å². The van der Waals surface area contributed by atoms with Crippen LogP contribution in [0.3, 0.4) is 0 Å². The van der Waals surface area contributed by atoms with Crippen LogP contribution in [0.2, 0.25) is 0 Å². The molecule has 0 aromatic heterocycles. The number of aliphatic hydroxyl groups is 1. The van der Waals surface area contributed by atoms with E-state index in [0.29, 0.717) is 12.5 Å². The van der Waals surface area contributed by atoms with E-state index in [1.807, 2.05) is 32.3 Å². The molecule has 1 aliphatic carbocycles. The Bertz CT molecular complexity index is 436. The summed E-state index contributed by atoms with van der Waals surface area (Å²) >= 11 is 0. The number of rotatable bonds is 6. The van der Waals surface area contributed by atoms with Gasteiger partial charge in [-0.15, -0.1) is 0 Å². The molecule has 2 atom stereocenters. The standard InChI is InChI=1S/C16H26N2O2/c1-18(2)14-6-3-7-15(11-14)20-10-8-13-5-4-9-16(13,17)12-19/h3,6-7,11,13,19H,4-5,8-10,12,17H2,1-2H3. The molecule has 0 bridgehead atoms. The molecule has 4 nitrogen and oxygen atoms in total. The highest BCUT2D eigenvalue weighted by atomic mass is 16.5. The molecule has 0 saturated heterocycles. The van der Waals surface area contributed by atoms with E-state index < -0.39 is 5.54 Å². The van der Waals surface area contributed by atoms with Gasteiger partial charge in [-0.25, -0.2) is 0 Å². The van der Waals surface area contributed by atoms with Gasteiger partial charge in [-0.05, 0) is 37.3 Å². The zero-order valence-electron chi connectivity index (χ0n) is 12.5. The smallest absolute Gasteiger partial charge is 0.121 e. The maximum Gasteiger partial charge on any atom is 0.121 e. The van der Waals surface area contributed by atoms with Gasteiger partial charge in [0, 0.05) is 31.4 Å². The minimum atomic E-state index is -0.394. The molecule has 1 aliphatic rings. The summed E-state index contributed by atoms with van der Waals surface area (Å²) in [6.45, 7) is 0.730. The van der Waals surface area contributed by atoms with Gasteiger partial charge in [-0.3, -0.25) is 0 Å². The lowest BCUT2D eigenvalue weighted by atomic mass is 9.87. The van der Waals surface area contributed by atoms with E-state index in [9.17, 15) is 5.11 Å². The van der Waals surface area contributed by atoms with Crippen molar-refractivity contribution in [1.82, 2.24) is 0 Å². The molecule has 3 N–H and O–H groups in total. The van der Waals surface area contributed by atoms with E-state index in [2.05, 4.69) is 11.0 Å². The molecule has 1 aromatic rings. The van der Waals surface area contributed by atoms with Crippen LogP contribution in [-0.2, 0) is 0 Å². The first-order chi connectivity index (χ1) is 9.55. The molecule has 0 spiro atoms. The van der Waals surface area contributed by atoms with Gasteiger partial charge in [0.2, 0.25) is 0 Å². The van der Waals surface area contributed by atoms with Gasteiger partial charge in [-0.2, -0.15) is 0 Å². The first-order valence-electron chi connectivity index (χ1n) is 7.35. The van der Waals surface area contributed by atoms with E-state index in [0.717, 1.165) is 37.1 Å². The maximum absolute atomic E-state index is 9.44. The number of anilines is 1. The van der Waals surface area contributed by atoms with Crippen molar-refractivity contribution in [3.05, 3.63) is 24.3 Å². The SMILES string of the molecule is CN(C)c1cccc(OCCC2CCCC2(N)CO)c1. The van der Waals surface area contributed by atoms with Crippen molar-refractivity contribution in [3.63, 3.8) is 0 Å². The van der Waals surface area contributed by atoms with Crippen LogP contribution in [0.1, 0.15) is 25.7 Å². The van der Waals surface area contributed by atoms with Crippen LogP contribution in [0, 0.1) is 5.92 Å². The first-order valence-corrected chi connectivity index (χ1v) is 7.35. The van der Waals surface area contributed by atoms with E-state index >= 15 is 0 Å². The van der Waals surface area contributed by atoms with Crippen LogP contribution in [0.15, 0.2) is 24.3 Å². The molecule has 1 fully saturated rings. The monoisotopic (exact) mass is 278 g/mol. The van der Waals surface area contributed by atoms with Crippen LogP contribution < -0.4 is 15.4 Å². The van der Waals surface area contributed by atoms with Crippen molar-refractivity contribution in [2.24, 2.45) is 11.7 Å². The summed E-state index contributed by atoms with van der Waals surface area (Å²) in [7, 11) is 4.03. The third-order valence-corrected chi connectivity index (χ3v) is 4.37. The minimum Gasteiger partial charge on any atom is -0.494 e. The van der Waals surface area contributed by atoms with Crippen LogP contribution in [-0.4, -0.2) is 38.0 Å². The van der Waals surface area contributed by atoms with Gasteiger partial charge < -0.3 is 20.5 Å². The average molecular weight is 278 g/mol. The average Bonchev–Trinajstić information content (AvgIpc) is 2.81. The molecule has 4 heteroatoms. The van der Waals surface area contributed by atoms with Crippen molar-refractivity contribution in [2.75, 3.05) is 32.2 Å². The zero-order chi connectivity index (χ0) is 14.6. The van der Waals surface area contributed by atoms with Crippen molar-refractivity contribution in [2.45, 2.75) is 31.2 Å². The molecule has 1 saturated carbocycles. The predicted molar refractivity (Wildman–Crippen MR) is 82.2 cm³/mol. The summed E-state index contributed by atoms with van der Waals surface area (Å²) in [6.07, 6.45) is 4.03. The van der Waals surface area contributed by atoms with Crippen molar-refractivity contribution in [1.29, 1.82) is 0 Å². The lowest BCUT2D eigenvalue weighted by molar-refractivity contribution is 0.143. The number of hydrogen-bond acceptors (Lipinski definition) is 4. The Kier molecular flexibility index (Phi) is 4.89. The van der Waals surface area contributed by atoms with Crippen LogP contribution in [0.25, 0.3) is 0 Å². The van der Waals surface area contributed by atoms with Gasteiger partial charge in [0.25, 0.3) is 0 Å². The Balaban J connectivity index is 1.85. The summed E-state index contributed by atoms with van der Waals surface area (Å²) in [6, 6.07) is 8.07. The normalized spacial score (nSPS) is 25.7. The number of hydrogen-bond donors (Lipinski definition) is 2. The van der Waals surface area contributed by atoms with Crippen LogP contribution in [0.5, 0.6) is 5.75 Å². The van der Waals surface area contributed by atoms with Gasteiger partial charge in [0.15, 0.2) is 0 Å². The Morgan fingerprint density at radius 3 is 2.95 bits per heavy atom. The fraction of sp³-hybridized carbons (Fsp3) is 0.625. The second-order valence-electron chi connectivity index (χ2n) is 6.01. The Labute approximate surface area is 121 Å². The van der Waals surface area contributed by atoms with Gasteiger partial charge >= 0.3 is 0 Å². The third-order valence-electron chi connectivity index (χ3n) is 4.37. The Morgan fingerprint density at radius 2 is 2.25 bits per heavy atom. The van der Waals surface area contributed by atoms with Crippen molar-refractivity contribution in [3.8, 4) is 5.75 Å². The quantitative estimate of drug-likeness (QED) is 0.836. The Morgan fingerprint density at radius 1 is 1.45 bits per heavy atom. The number of benzene rings is 1. The van der Waals surface area contributed by atoms with E-state index in [-0.39, 0.29) is 6.61 Å². The molecular formula is C16H26N2O2. The highest BCUT2D eigenvalue weighted by Gasteiger charge is 2.38. The highest BCUT2D eigenvalue weighted by Crippen LogP contribution is 2.35. The number of nitrogens with two attached hydrogens (primary N) is 1. The predicted octanol–water partition coefficient (Wildman–Crippen LogP) is 2.01. The molecular weight excluding hydrogens is 252 g/mol. The maximum atomic E-state index is 9.44. The van der Waals surface area contributed by atoms with Crippen LogP contribution in [0.4, 0.5) is 5.69 Å². The van der Waals surface area contributed by atoms with E-state index in [1.54, 1.807) is 0 Å². The summed E-state index contributed by atoms with van der Waals surface area (Å²) in [4.78, 5) is 2.06. The lowest BCUT2D eigenvalue weighted by Crippen LogP contribution is -2.47. The van der Waals surface area contributed by atoms with Gasteiger partial charge in [0.1, 0.15) is 5.75 Å². The molecule has 1 aromatic carbocycles. The highest BCUT2D eigenvalue weighted by molar-refractivity contribution is 5.49. The molecule has 2 unspecified atom stereocenters. The molecule has 2 rings (SSSR count). The van der Waals surface area contributed by atoms with Crippen LogP contribution >= 0.6 is 0 Å². The summed E-state index contributed by atoms with van der Waals surface area (Å²) in [5.74, 6) is 1.25. The molecule has 0 heterocycles. The first kappa shape index (κ1) is 15.1. The summed E-state index contributed by atoms with van der Waals surface area (Å²) < 4.78 is 5.83.